The van der Waals surface area contributed by atoms with Crippen molar-refractivity contribution in [1.29, 1.82) is 0 Å². The molecule has 0 saturated heterocycles. The first-order valence-corrected chi connectivity index (χ1v) is 6.79. The summed E-state index contributed by atoms with van der Waals surface area (Å²) in [6.45, 7) is 8.41. The number of halogens is 1. The quantitative estimate of drug-likeness (QED) is 0.776. The predicted octanol–water partition coefficient (Wildman–Crippen LogP) is 4.05. The van der Waals surface area contributed by atoms with Gasteiger partial charge in [-0.15, -0.1) is 0 Å². The number of rotatable bonds is 2. The van der Waals surface area contributed by atoms with Gasteiger partial charge < -0.3 is 0 Å². The minimum absolute atomic E-state index is 0.0670. The highest BCUT2D eigenvalue weighted by molar-refractivity contribution is 6.29. The summed E-state index contributed by atoms with van der Waals surface area (Å²) in [7, 11) is 0. The fourth-order valence-corrected chi connectivity index (χ4v) is 2.02. The lowest BCUT2D eigenvalue weighted by Gasteiger charge is -2.18. The molecule has 0 saturated carbocycles. The molecule has 0 amide bonds. The van der Waals surface area contributed by atoms with E-state index in [-0.39, 0.29) is 5.41 Å². The van der Waals surface area contributed by atoms with Crippen molar-refractivity contribution in [3.8, 4) is 11.5 Å². The summed E-state index contributed by atoms with van der Waals surface area (Å²) in [5, 5.41) is 0.461. The van der Waals surface area contributed by atoms with Gasteiger partial charge in [-0.05, 0) is 24.1 Å². The van der Waals surface area contributed by atoms with Crippen LogP contribution in [-0.2, 0) is 11.8 Å². The second-order valence-electron chi connectivity index (χ2n) is 5.51. The van der Waals surface area contributed by atoms with Gasteiger partial charge in [0, 0.05) is 11.6 Å². The molecule has 0 unspecified atom stereocenters. The molecule has 0 aliphatic carbocycles. The first-order valence-electron chi connectivity index (χ1n) is 6.41. The highest BCUT2D eigenvalue weighted by Crippen LogP contribution is 2.26. The van der Waals surface area contributed by atoms with Gasteiger partial charge in [0.1, 0.15) is 10.8 Å². The van der Waals surface area contributed by atoms with Gasteiger partial charge in [0.15, 0.2) is 5.82 Å². The summed E-state index contributed by atoms with van der Waals surface area (Å²) in [5.41, 5.74) is 2.81. The Morgan fingerprint density at radius 2 is 1.95 bits per heavy atom. The van der Waals surface area contributed by atoms with Gasteiger partial charge in [0.25, 0.3) is 0 Å². The van der Waals surface area contributed by atoms with E-state index in [1.54, 1.807) is 6.20 Å². The molecule has 3 nitrogen and oxygen atoms in total. The van der Waals surface area contributed by atoms with Crippen LogP contribution in [0.4, 0.5) is 0 Å². The van der Waals surface area contributed by atoms with Gasteiger partial charge in [-0.3, -0.25) is 4.98 Å². The van der Waals surface area contributed by atoms with E-state index in [1.165, 1.54) is 0 Å². The van der Waals surface area contributed by atoms with Crippen LogP contribution in [0.25, 0.3) is 11.5 Å². The molecule has 19 heavy (non-hydrogen) atoms. The Hall–Kier alpha value is -1.48. The van der Waals surface area contributed by atoms with E-state index < -0.39 is 0 Å². The summed E-state index contributed by atoms with van der Waals surface area (Å²) >= 11 is 6.12. The van der Waals surface area contributed by atoms with Crippen LogP contribution >= 0.6 is 11.6 Å². The number of hydrogen-bond donors (Lipinski definition) is 0. The maximum atomic E-state index is 6.12. The fourth-order valence-electron chi connectivity index (χ4n) is 1.83. The zero-order valence-corrected chi connectivity index (χ0v) is 12.5. The molecule has 2 aromatic heterocycles. The lowest BCUT2D eigenvalue weighted by atomic mass is 9.92. The molecule has 0 bridgehead atoms. The van der Waals surface area contributed by atoms with Crippen molar-refractivity contribution in [3.63, 3.8) is 0 Å². The van der Waals surface area contributed by atoms with E-state index in [0.717, 1.165) is 23.4 Å². The highest BCUT2D eigenvalue weighted by atomic mass is 35.5. The van der Waals surface area contributed by atoms with Crippen molar-refractivity contribution >= 4 is 11.6 Å². The summed E-state index contributed by atoms with van der Waals surface area (Å²) in [4.78, 5) is 13.3. The van der Waals surface area contributed by atoms with Crippen molar-refractivity contribution in [2.75, 3.05) is 0 Å². The van der Waals surface area contributed by atoms with Gasteiger partial charge in [-0.25, -0.2) is 9.97 Å². The van der Waals surface area contributed by atoms with Crippen molar-refractivity contribution in [2.24, 2.45) is 0 Å². The Balaban J connectivity index is 2.60. The number of pyridine rings is 1. The monoisotopic (exact) mass is 275 g/mol. The first kappa shape index (κ1) is 13.9. The number of aryl methyl sites for hydroxylation is 1. The average Bonchev–Trinajstić information content (AvgIpc) is 2.37. The molecule has 0 fully saturated rings. The van der Waals surface area contributed by atoms with Gasteiger partial charge in [0.05, 0.1) is 5.69 Å². The van der Waals surface area contributed by atoms with Crippen LogP contribution in [0.1, 0.15) is 39.0 Å². The van der Waals surface area contributed by atoms with Crippen LogP contribution in [0.15, 0.2) is 24.4 Å². The maximum Gasteiger partial charge on any atom is 0.180 e. The molecule has 0 aromatic carbocycles. The zero-order chi connectivity index (χ0) is 14.0. The predicted molar refractivity (Wildman–Crippen MR) is 78.4 cm³/mol. The standard InChI is InChI=1S/C15H18ClN3/c1-5-10-7-6-8-17-13(10)14-18-11(15(2,3)4)9-12(16)19-14/h6-9H,5H2,1-4H3. The van der Waals surface area contributed by atoms with Gasteiger partial charge in [-0.1, -0.05) is 45.4 Å². The van der Waals surface area contributed by atoms with Crippen molar-refractivity contribution in [2.45, 2.75) is 39.5 Å². The molecular formula is C15H18ClN3. The molecule has 0 radical (unpaired) electrons. The second kappa shape index (κ2) is 5.25. The lowest BCUT2D eigenvalue weighted by Crippen LogP contribution is -2.15. The minimum atomic E-state index is -0.0670. The largest absolute Gasteiger partial charge is 0.253 e. The third-order valence-electron chi connectivity index (χ3n) is 2.95. The Morgan fingerprint density at radius 3 is 2.58 bits per heavy atom. The highest BCUT2D eigenvalue weighted by Gasteiger charge is 2.19. The van der Waals surface area contributed by atoms with Gasteiger partial charge in [-0.2, -0.15) is 0 Å². The number of nitrogens with zero attached hydrogens (tertiary/aromatic N) is 3. The molecule has 100 valence electrons. The molecule has 4 heteroatoms. The average molecular weight is 276 g/mol. The smallest absolute Gasteiger partial charge is 0.180 e. The Kier molecular flexibility index (Phi) is 3.85. The summed E-state index contributed by atoms with van der Waals surface area (Å²) in [6, 6.07) is 5.79. The molecular weight excluding hydrogens is 258 g/mol. The van der Waals surface area contributed by atoms with Crippen molar-refractivity contribution in [1.82, 2.24) is 15.0 Å². The molecule has 2 aromatic rings. The number of aromatic nitrogens is 3. The van der Waals surface area contributed by atoms with Crippen molar-refractivity contribution < 1.29 is 0 Å². The summed E-state index contributed by atoms with van der Waals surface area (Å²) < 4.78 is 0. The van der Waals surface area contributed by atoms with E-state index in [2.05, 4.69) is 42.6 Å². The van der Waals surface area contributed by atoms with Crippen molar-refractivity contribution in [3.05, 3.63) is 40.8 Å². The number of hydrogen-bond acceptors (Lipinski definition) is 3. The minimum Gasteiger partial charge on any atom is -0.253 e. The van der Waals surface area contributed by atoms with E-state index in [0.29, 0.717) is 11.0 Å². The van der Waals surface area contributed by atoms with E-state index >= 15 is 0 Å². The molecule has 0 aliphatic heterocycles. The second-order valence-corrected chi connectivity index (χ2v) is 5.90. The normalized spacial score (nSPS) is 11.6. The zero-order valence-electron chi connectivity index (χ0n) is 11.7. The van der Waals surface area contributed by atoms with Gasteiger partial charge >= 0.3 is 0 Å². The molecule has 0 aliphatic rings. The van der Waals surface area contributed by atoms with Crippen LogP contribution in [0.3, 0.4) is 0 Å². The van der Waals surface area contributed by atoms with Gasteiger partial charge in [0.2, 0.25) is 0 Å². The van der Waals surface area contributed by atoms with E-state index in [1.807, 2.05) is 18.2 Å². The Labute approximate surface area is 119 Å². The van der Waals surface area contributed by atoms with E-state index in [9.17, 15) is 0 Å². The lowest BCUT2D eigenvalue weighted by molar-refractivity contribution is 0.567. The van der Waals surface area contributed by atoms with Crippen LogP contribution < -0.4 is 0 Å². The third-order valence-corrected chi connectivity index (χ3v) is 3.14. The molecule has 2 heterocycles. The van der Waals surface area contributed by atoms with Crippen LogP contribution in [0, 0.1) is 0 Å². The summed E-state index contributed by atoms with van der Waals surface area (Å²) in [5.74, 6) is 0.606. The molecule has 2 rings (SSSR count). The third kappa shape index (κ3) is 3.10. The Bertz CT molecular complexity index is 588. The van der Waals surface area contributed by atoms with E-state index in [4.69, 9.17) is 11.6 Å². The molecule has 0 atom stereocenters. The van der Waals surface area contributed by atoms with Crippen LogP contribution in [-0.4, -0.2) is 15.0 Å². The van der Waals surface area contributed by atoms with Crippen LogP contribution in [0.5, 0.6) is 0 Å². The SMILES string of the molecule is CCc1cccnc1-c1nc(Cl)cc(C(C)(C)C)n1. The first-order chi connectivity index (χ1) is 8.91. The van der Waals surface area contributed by atoms with Crippen LogP contribution in [0.2, 0.25) is 5.15 Å². The summed E-state index contributed by atoms with van der Waals surface area (Å²) in [6.07, 6.45) is 2.65. The Morgan fingerprint density at radius 1 is 1.21 bits per heavy atom. The topological polar surface area (TPSA) is 38.7 Å². The fraction of sp³-hybridized carbons (Fsp3) is 0.400. The maximum absolute atomic E-state index is 6.12. The molecule has 0 N–H and O–H groups in total. The molecule has 0 spiro atoms.